The van der Waals surface area contributed by atoms with Crippen LogP contribution in [0.5, 0.6) is 0 Å². The second-order valence-corrected chi connectivity index (χ2v) is 6.41. The van der Waals surface area contributed by atoms with E-state index in [2.05, 4.69) is 10.0 Å². The van der Waals surface area contributed by atoms with E-state index >= 15 is 0 Å². The highest BCUT2D eigenvalue weighted by Crippen LogP contribution is 2.32. The summed E-state index contributed by atoms with van der Waals surface area (Å²) in [5.41, 5.74) is 0.657. The van der Waals surface area contributed by atoms with E-state index in [4.69, 9.17) is 23.2 Å². The van der Waals surface area contributed by atoms with Gasteiger partial charge < -0.3 is 5.32 Å². The molecule has 2 aromatic rings. The van der Waals surface area contributed by atoms with E-state index in [9.17, 15) is 8.42 Å². The summed E-state index contributed by atoms with van der Waals surface area (Å²) in [5, 5.41) is 3.31. The fourth-order valence-electron chi connectivity index (χ4n) is 1.69. The fourth-order valence-corrected chi connectivity index (χ4v) is 3.61. The zero-order valence-electron chi connectivity index (χ0n) is 10.5. The van der Waals surface area contributed by atoms with Crippen molar-refractivity contribution in [3.63, 3.8) is 0 Å². The third-order valence-electron chi connectivity index (χ3n) is 2.65. The molecule has 0 aromatic heterocycles. The molecule has 7 heteroatoms. The normalized spacial score (nSPS) is 11.2. The smallest absolute Gasteiger partial charge is 0.264 e. The average Bonchev–Trinajstić information content (AvgIpc) is 2.43. The minimum atomic E-state index is -3.78. The Hall–Kier alpha value is -1.43. The quantitative estimate of drug-likeness (QED) is 0.895. The van der Waals surface area contributed by atoms with Crippen LogP contribution in [0.4, 0.5) is 11.4 Å². The van der Waals surface area contributed by atoms with Crippen LogP contribution >= 0.6 is 23.2 Å². The zero-order chi connectivity index (χ0) is 14.8. The van der Waals surface area contributed by atoms with Crippen LogP contribution in [-0.4, -0.2) is 15.5 Å². The largest absolute Gasteiger partial charge is 0.387 e. The van der Waals surface area contributed by atoms with Gasteiger partial charge in [-0.2, -0.15) is 0 Å². The molecule has 0 unspecified atom stereocenters. The standard InChI is InChI=1S/C13H12Cl2N2O2S/c1-16-11-7-2-3-8-12(11)20(18,19)17-13-9(14)5-4-6-10(13)15/h2-8,16-17H,1H3. The Balaban J connectivity index is 2.47. The summed E-state index contributed by atoms with van der Waals surface area (Å²) in [6.45, 7) is 0. The van der Waals surface area contributed by atoms with Gasteiger partial charge in [0.2, 0.25) is 0 Å². The van der Waals surface area contributed by atoms with Crippen molar-refractivity contribution >= 4 is 44.6 Å². The number of benzene rings is 2. The van der Waals surface area contributed by atoms with Crippen molar-refractivity contribution in [2.75, 3.05) is 17.1 Å². The molecule has 0 aliphatic heterocycles. The summed E-state index contributed by atoms with van der Waals surface area (Å²) in [7, 11) is -2.13. The second-order valence-electron chi connectivity index (χ2n) is 3.95. The van der Waals surface area contributed by atoms with Crippen LogP contribution < -0.4 is 10.0 Å². The van der Waals surface area contributed by atoms with Gasteiger partial charge in [-0.3, -0.25) is 4.72 Å². The number of rotatable bonds is 4. The molecule has 2 rings (SSSR count). The number of sulfonamides is 1. The molecule has 0 bridgehead atoms. The summed E-state index contributed by atoms with van der Waals surface area (Å²) < 4.78 is 27.2. The topological polar surface area (TPSA) is 58.2 Å². The summed E-state index contributed by atoms with van der Waals surface area (Å²) in [6, 6.07) is 11.3. The molecule has 0 fully saturated rings. The SMILES string of the molecule is CNc1ccccc1S(=O)(=O)Nc1c(Cl)cccc1Cl. The van der Waals surface area contributed by atoms with Gasteiger partial charge >= 0.3 is 0 Å². The maximum atomic E-state index is 12.4. The fraction of sp³-hybridized carbons (Fsp3) is 0.0769. The first-order chi connectivity index (χ1) is 9.45. The molecular formula is C13H12Cl2N2O2S. The van der Waals surface area contributed by atoms with Crippen molar-refractivity contribution in [3.8, 4) is 0 Å². The predicted octanol–water partition coefficient (Wildman–Crippen LogP) is 3.84. The summed E-state index contributed by atoms with van der Waals surface area (Å²) in [4.78, 5) is 0.124. The molecule has 0 amide bonds. The molecular weight excluding hydrogens is 319 g/mol. The highest BCUT2D eigenvalue weighted by Gasteiger charge is 2.20. The van der Waals surface area contributed by atoms with E-state index < -0.39 is 10.0 Å². The van der Waals surface area contributed by atoms with Crippen LogP contribution in [-0.2, 0) is 10.0 Å². The molecule has 0 radical (unpaired) electrons. The molecule has 0 atom stereocenters. The summed E-state index contributed by atoms with van der Waals surface area (Å²) >= 11 is 11.9. The van der Waals surface area contributed by atoms with E-state index in [1.165, 1.54) is 6.07 Å². The Labute approximate surface area is 127 Å². The Morgan fingerprint density at radius 1 is 0.950 bits per heavy atom. The monoisotopic (exact) mass is 330 g/mol. The maximum absolute atomic E-state index is 12.4. The second kappa shape index (κ2) is 5.91. The van der Waals surface area contributed by atoms with Gasteiger partial charge in [0.25, 0.3) is 10.0 Å². The van der Waals surface area contributed by atoms with Gasteiger partial charge in [0.1, 0.15) is 4.90 Å². The van der Waals surface area contributed by atoms with Gasteiger partial charge in [0, 0.05) is 7.05 Å². The van der Waals surface area contributed by atoms with Crippen LogP contribution in [0, 0.1) is 0 Å². The van der Waals surface area contributed by atoms with Crippen LogP contribution in [0.1, 0.15) is 0 Å². The van der Waals surface area contributed by atoms with Crippen molar-refractivity contribution in [2.45, 2.75) is 4.90 Å². The van der Waals surface area contributed by atoms with E-state index in [-0.39, 0.29) is 20.6 Å². The van der Waals surface area contributed by atoms with Crippen molar-refractivity contribution in [1.29, 1.82) is 0 Å². The van der Waals surface area contributed by atoms with Crippen molar-refractivity contribution < 1.29 is 8.42 Å². The predicted molar refractivity (Wildman–Crippen MR) is 83.3 cm³/mol. The summed E-state index contributed by atoms with van der Waals surface area (Å²) in [6.07, 6.45) is 0. The Kier molecular flexibility index (Phi) is 4.42. The Bertz CT molecular complexity index is 713. The van der Waals surface area contributed by atoms with Crippen LogP contribution in [0.3, 0.4) is 0 Å². The molecule has 0 aliphatic carbocycles. The Morgan fingerprint density at radius 2 is 1.55 bits per heavy atom. The third kappa shape index (κ3) is 3.00. The van der Waals surface area contributed by atoms with Crippen molar-refractivity contribution in [3.05, 3.63) is 52.5 Å². The zero-order valence-corrected chi connectivity index (χ0v) is 12.9. The van der Waals surface area contributed by atoms with Gasteiger partial charge in [-0.15, -0.1) is 0 Å². The number of hydrogen-bond donors (Lipinski definition) is 2. The minimum absolute atomic E-state index is 0.124. The lowest BCUT2D eigenvalue weighted by atomic mass is 10.3. The molecule has 0 aliphatic rings. The van der Waals surface area contributed by atoms with Crippen LogP contribution in [0.25, 0.3) is 0 Å². The summed E-state index contributed by atoms with van der Waals surface area (Å²) in [5.74, 6) is 0. The molecule has 20 heavy (non-hydrogen) atoms. The molecule has 4 nitrogen and oxygen atoms in total. The maximum Gasteiger partial charge on any atom is 0.264 e. The van der Waals surface area contributed by atoms with Gasteiger partial charge in [-0.05, 0) is 24.3 Å². The number of anilines is 2. The van der Waals surface area contributed by atoms with E-state index in [1.807, 2.05) is 0 Å². The van der Waals surface area contributed by atoms with Crippen molar-refractivity contribution in [1.82, 2.24) is 0 Å². The minimum Gasteiger partial charge on any atom is -0.387 e. The van der Waals surface area contributed by atoms with Gasteiger partial charge in [-0.1, -0.05) is 41.4 Å². The first-order valence-corrected chi connectivity index (χ1v) is 7.93. The van der Waals surface area contributed by atoms with Gasteiger partial charge in [0.15, 0.2) is 0 Å². The van der Waals surface area contributed by atoms with E-state index in [0.717, 1.165) is 0 Å². The number of para-hydroxylation sites is 2. The van der Waals surface area contributed by atoms with E-state index in [1.54, 1.807) is 43.4 Å². The third-order valence-corrected chi connectivity index (χ3v) is 4.68. The van der Waals surface area contributed by atoms with Crippen LogP contribution in [0.15, 0.2) is 47.4 Å². The number of nitrogens with one attached hydrogen (secondary N) is 2. The number of hydrogen-bond acceptors (Lipinski definition) is 3. The first kappa shape index (κ1) is 15.0. The lowest BCUT2D eigenvalue weighted by molar-refractivity contribution is 0.601. The molecule has 0 saturated heterocycles. The van der Waals surface area contributed by atoms with Crippen LogP contribution in [0.2, 0.25) is 10.0 Å². The van der Waals surface area contributed by atoms with Gasteiger partial charge in [0.05, 0.1) is 21.4 Å². The van der Waals surface area contributed by atoms with Gasteiger partial charge in [-0.25, -0.2) is 8.42 Å². The average molecular weight is 331 g/mol. The molecule has 2 aromatic carbocycles. The Morgan fingerprint density at radius 3 is 2.15 bits per heavy atom. The molecule has 0 heterocycles. The molecule has 0 spiro atoms. The van der Waals surface area contributed by atoms with Crippen molar-refractivity contribution in [2.24, 2.45) is 0 Å². The van der Waals surface area contributed by atoms with E-state index in [0.29, 0.717) is 5.69 Å². The molecule has 2 N–H and O–H groups in total. The lowest BCUT2D eigenvalue weighted by Gasteiger charge is -2.13. The molecule has 0 saturated carbocycles. The first-order valence-electron chi connectivity index (χ1n) is 5.69. The lowest BCUT2D eigenvalue weighted by Crippen LogP contribution is -2.15. The molecule has 106 valence electrons. The highest BCUT2D eigenvalue weighted by atomic mass is 35.5. The number of halogens is 2. The highest BCUT2D eigenvalue weighted by molar-refractivity contribution is 7.93.